The van der Waals surface area contributed by atoms with Crippen molar-refractivity contribution in [3.8, 4) is 0 Å². The molecule has 0 amide bonds. The summed E-state index contributed by atoms with van der Waals surface area (Å²) in [6.07, 6.45) is -0.545. The second-order valence-corrected chi connectivity index (χ2v) is 6.02. The highest BCUT2D eigenvalue weighted by molar-refractivity contribution is 9.10. The molecule has 0 fully saturated rings. The van der Waals surface area contributed by atoms with Crippen molar-refractivity contribution in [3.05, 3.63) is 62.7 Å². The Balaban J connectivity index is 1.86. The summed E-state index contributed by atoms with van der Waals surface area (Å²) < 4.78 is 0.913. The molecule has 2 aromatic rings. The Morgan fingerprint density at radius 2 is 2.11 bits per heavy atom. The largest absolute Gasteiger partial charge is 0.387 e. The van der Waals surface area contributed by atoms with Crippen molar-refractivity contribution < 1.29 is 5.11 Å². The van der Waals surface area contributed by atoms with E-state index in [2.05, 4.69) is 26.1 Å². The summed E-state index contributed by atoms with van der Waals surface area (Å²) in [4.78, 5) is 4.48. The number of hydrogen-bond donors (Lipinski definition) is 2. The number of halogens is 1. The second kappa shape index (κ2) is 6.83. The highest BCUT2D eigenvalue weighted by Crippen LogP contribution is 2.25. The zero-order valence-electron chi connectivity index (χ0n) is 10.1. The van der Waals surface area contributed by atoms with Gasteiger partial charge in [0.1, 0.15) is 0 Å². The maximum atomic E-state index is 10.1. The molecule has 2 rings (SSSR count). The first kappa shape index (κ1) is 14.2. The fourth-order valence-corrected chi connectivity index (χ4v) is 3.02. The topological polar surface area (TPSA) is 36.6 Å². The van der Waals surface area contributed by atoms with Crippen molar-refractivity contribution in [2.75, 3.05) is 6.54 Å². The SMILES string of the molecule is [C-]#[N+]c1ccc(CNCC(O)c2ccccc2Br)s1. The van der Waals surface area contributed by atoms with Gasteiger partial charge in [-0.25, -0.2) is 4.85 Å². The van der Waals surface area contributed by atoms with Crippen LogP contribution in [0.5, 0.6) is 0 Å². The molecule has 1 unspecified atom stereocenters. The summed E-state index contributed by atoms with van der Waals surface area (Å²) in [7, 11) is 0. The van der Waals surface area contributed by atoms with Crippen molar-refractivity contribution in [2.45, 2.75) is 12.6 Å². The molecule has 0 saturated heterocycles. The minimum absolute atomic E-state index is 0.480. The molecule has 3 nitrogen and oxygen atoms in total. The highest BCUT2D eigenvalue weighted by atomic mass is 79.9. The number of nitrogens with one attached hydrogen (secondary N) is 1. The summed E-state index contributed by atoms with van der Waals surface area (Å²) in [6.45, 7) is 8.06. The summed E-state index contributed by atoms with van der Waals surface area (Å²) >= 11 is 4.90. The van der Waals surface area contributed by atoms with Gasteiger partial charge >= 0.3 is 0 Å². The van der Waals surface area contributed by atoms with E-state index in [1.165, 1.54) is 11.3 Å². The van der Waals surface area contributed by atoms with Crippen LogP contribution in [-0.2, 0) is 6.54 Å². The molecule has 0 aliphatic rings. The number of hydrogen-bond acceptors (Lipinski definition) is 3. The first-order chi connectivity index (χ1) is 9.20. The van der Waals surface area contributed by atoms with Crippen LogP contribution in [0.25, 0.3) is 4.85 Å². The molecular formula is C14H13BrN2OS. The van der Waals surface area contributed by atoms with E-state index in [9.17, 15) is 5.11 Å². The molecule has 19 heavy (non-hydrogen) atoms. The Kier molecular flexibility index (Phi) is 5.11. The van der Waals surface area contributed by atoms with Crippen molar-refractivity contribution in [1.82, 2.24) is 5.32 Å². The van der Waals surface area contributed by atoms with E-state index >= 15 is 0 Å². The molecule has 2 N–H and O–H groups in total. The van der Waals surface area contributed by atoms with Crippen molar-refractivity contribution in [2.24, 2.45) is 0 Å². The van der Waals surface area contributed by atoms with Crippen molar-refractivity contribution >= 4 is 32.3 Å². The number of nitrogens with zero attached hydrogens (tertiary/aromatic N) is 1. The number of rotatable bonds is 5. The standard InChI is InChI=1S/C14H13BrN2OS/c1-16-14-7-6-10(19-14)8-17-9-13(18)11-4-2-3-5-12(11)15/h2-7,13,17-18H,8-9H2. The molecule has 98 valence electrons. The van der Waals surface area contributed by atoms with Crippen LogP contribution >= 0.6 is 27.3 Å². The molecule has 1 aromatic heterocycles. The molecule has 0 radical (unpaired) electrons. The lowest BCUT2D eigenvalue weighted by molar-refractivity contribution is 0.173. The number of benzene rings is 1. The maximum absolute atomic E-state index is 10.1. The average Bonchev–Trinajstić information content (AvgIpc) is 2.87. The van der Waals surface area contributed by atoms with Crippen LogP contribution < -0.4 is 5.32 Å². The van der Waals surface area contributed by atoms with E-state index < -0.39 is 6.10 Å². The molecular weight excluding hydrogens is 324 g/mol. The van der Waals surface area contributed by atoms with Gasteiger partial charge in [-0.15, -0.1) is 0 Å². The molecule has 0 aliphatic carbocycles. The lowest BCUT2D eigenvalue weighted by atomic mass is 10.1. The second-order valence-electron chi connectivity index (χ2n) is 4.02. The first-order valence-electron chi connectivity index (χ1n) is 5.80. The van der Waals surface area contributed by atoms with Crippen LogP contribution in [0.3, 0.4) is 0 Å². The number of aliphatic hydroxyl groups is 1. The fraction of sp³-hybridized carbons (Fsp3) is 0.214. The van der Waals surface area contributed by atoms with Gasteiger partial charge < -0.3 is 10.4 Å². The van der Waals surface area contributed by atoms with Gasteiger partial charge in [-0.3, -0.25) is 0 Å². The molecule has 0 bridgehead atoms. The van der Waals surface area contributed by atoms with Crippen LogP contribution in [0.2, 0.25) is 0 Å². The normalized spacial score (nSPS) is 12.1. The summed E-state index contributed by atoms with van der Waals surface area (Å²) in [5.74, 6) is 0. The molecule has 1 aromatic carbocycles. The average molecular weight is 337 g/mol. The van der Waals surface area contributed by atoms with Gasteiger partial charge in [0.15, 0.2) is 0 Å². The van der Waals surface area contributed by atoms with Gasteiger partial charge in [0.05, 0.1) is 12.7 Å². The Morgan fingerprint density at radius 3 is 2.79 bits per heavy atom. The van der Waals surface area contributed by atoms with Crippen LogP contribution in [0.4, 0.5) is 5.00 Å². The Bertz CT molecular complexity index is 591. The quantitative estimate of drug-likeness (QED) is 0.813. The van der Waals surface area contributed by atoms with E-state index in [0.29, 0.717) is 18.1 Å². The van der Waals surface area contributed by atoms with Gasteiger partial charge in [-0.2, -0.15) is 11.3 Å². The number of aliphatic hydroxyl groups excluding tert-OH is 1. The van der Waals surface area contributed by atoms with E-state index in [0.717, 1.165) is 14.9 Å². The van der Waals surface area contributed by atoms with E-state index in [4.69, 9.17) is 6.57 Å². The zero-order chi connectivity index (χ0) is 13.7. The van der Waals surface area contributed by atoms with E-state index in [-0.39, 0.29) is 0 Å². The number of thiophene rings is 1. The van der Waals surface area contributed by atoms with E-state index in [1.54, 1.807) is 0 Å². The Labute approximate surface area is 124 Å². The molecule has 0 saturated carbocycles. The van der Waals surface area contributed by atoms with Gasteiger partial charge in [-0.1, -0.05) is 40.2 Å². The molecule has 1 atom stereocenters. The highest BCUT2D eigenvalue weighted by Gasteiger charge is 2.10. The minimum atomic E-state index is -0.545. The predicted octanol–water partition coefficient (Wildman–Crippen LogP) is 3.88. The monoisotopic (exact) mass is 336 g/mol. The van der Waals surface area contributed by atoms with Crippen molar-refractivity contribution in [1.29, 1.82) is 0 Å². The third-order valence-corrected chi connectivity index (χ3v) is 4.36. The molecule has 0 aliphatic heterocycles. The van der Waals surface area contributed by atoms with Crippen LogP contribution in [0.1, 0.15) is 16.5 Å². The summed E-state index contributed by atoms with van der Waals surface area (Å²) in [6, 6.07) is 11.4. The molecule has 0 spiro atoms. The van der Waals surface area contributed by atoms with E-state index in [1.807, 2.05) is 36.4 Å². The van der Waals surface area contributed by atoms with Crippen LogP contribution in [-0.4, -0.2) is 11.7 Å². The summed E-state index contributed by atoms with van der Waals surface area (Å²) in [5.41, 5.74) is 0.878. The summed E-state index contributed by atoms with van der Waals surface area (Å²) in [5, 5.41) is 14.0. The van der Waals surface area contributed by atoms with Gasteiger partial charge in [0.2, 0.25) is 5.00 Å². The minimum Gasteiger partial charge on any atom is -0.387 e. The Hall–Kier alpha value is -1.19. The first-order valence-corrected chi connectivity index (χ1v) is 7.41. The predicted molar refractivity (Wildman–Crippen MR) is 81.4 cm³/mol. The Morgan fingerprint density at radius 1 is 1.32 bits per heavy atom. The van der Waals surface area contributed by atoms with Gasteiger partial charge in [0.25, 0.3) is 0 Å². The van der Waals surface area contributed by atoms with Gasteiger partial charge in [0, 0.05) is 22.4 Å². The van der Waals surface area contributed by atoms with Gasteiger partial charge in [-0.05, 0) is 17.7 Å². The molecule has 1 heterocycles. The smallest absolute Gasteiger partial charge is 0.241 e. The van der Waals surface area contributed by atoms with Crippen LogP contribution in [0.15, 0.2) is 40.9 Å². The van der Waals surface area contributed by atoms with Crippen LogP contribution in [0, 0.1) is 6.57 Å². The molecule has 5 heteroatoms. The lowest BCUT2D eigenvalue weighted by Crippen LogP contribution is -2.20. The third-order valence-electron chi connectivity index (χ3n) is 2.66. The third kappa shape index (κ3) is 3.88. The van der Waals surface area contributed by atoms with Crippen molar-refractivity contribution in [3.63, 3.8) is 0 Å². The zero-order valence-corrected chi connectivity index (χ0v) is 12.5. The fourth-order valence-electron chi connectivity index (χ4n) is 1.71. The maximum Gasteiger partial charge on any atom is 0.241 e. The lowest BCUT2D eigenvalue weighted by Gasteiger charge is -2.13.